The molecule has 0 aliphatic heterocycles. The van der Waals surface area contributed by atoms with Crippen LogP contribution in [0.4, 0.5) is 0 Å². The van der Waals surface area contributed by atoms with Crippen LogP contribution in [0, 0.1) is 0 Å². The fourth-order valence-corrected chi connectivity index (χ4v) is 2.04. The molecule has 2 unspecified atom stereocenters. The first-order valence-electron chi connectivity index (χ1n) is 4.43. The summed E-state index contributed by atoms with van der Waals surface area (Å²) in [4.78, 5) is 29.6. The van der Waals surface area contributed by atoms with Gasteiger partial charge in [0.05, 0.1) is 12.5 Å². The second kappa shape index (κ2) is 6.59. The second-order valence-electron chi connectivity index (χ2n) is 3.30. The quantitative estimate of drug-likeness (QED) is 0.151. The maximum absolute atomic E-state index is 11.3. The number of hydrogen-bond donors (Lipinski definition) is 4. The zero-order valence-corrected chi connectivity index (χ0v) is 9.63. The van der Waals surface area contributed by atoms with Crippen LogP contribution in [0.2, 0.25) is 0 Å². The van der Waals surface area contributed by atoms with E-state index in [0.29, 0.717) is 0 Å². The third-order valence-electron chi connectivity index (χ3n) is 1.82. The van der Waals surface area contributed by atoms with E-state index in [-0.39, 0.29) is 31.0 Å². The second-order valence-corrected chi connectivity index (χ2v) is 5.81. The molecule has 94 valence electrons. The Labute approximate surface area is 92.3 Å². The van der Waals surface area contributed by atoms with Crippen LogP contribution in [0.15, 0.2) is 0 Å². The molecule has 0 rings (SSSR count). The highest BCUT2D eigenvalue weighted by Gasteiger charge is 2.26. The summed E-state index contributed by atoms with van der Waals surface area (Å²) in [6.45, 7) is 0.737. The van der Waals surface area contributed by atoms with Gasteiger partial charge in [-0.2, -0.15) is 0 Å². The zero-order valence-electron chi connectivity index (χ0n) is 8.74. The van der Waals surface area contributed by atoms with Crippen LogP contribution in [0.25, 0.3) is 0 Å². The molecule has 0 aromatic rings. The Bertz CT molecular complexity index is 291. The summed E-state index contributed by atoms with van der Waals surface area (Å²) < 4.78 is 11.3. The highest BCUT2D eigenvalue weighted by atomic mass is 31.2. The Balaban J connectivity index is 4.28. The number of carboxylic acids is 1. The number of hydrogen-bond acceptors (Lipinski definition) is 5. The molecular weight excluding hydrogens is 239 g/mol. The standard InChI is InChI=1S/C7H15N2O6P/c1-16(14,15)6(2-3-7(11)12)8-4-9(13)5-10/h5-6,8,13H,2-4H2,1H3,(H,11,12)(H,14,15). The van der Waals surface area contributed by atoms with Crippen molar-refractivity contribution in [3.05, 3.63) is 0 Å². The number of hydroxylamine groups is 2. The molecule has 0 heterocycles. The third kappa shape index (κ3) is 6.52. The highest BCUT2D eigenvalue weighted by Crippen LogP contribution is 2.42. The van der Waals surface area contributed by atoms with Gasteiger partial charge in [0, 0.05) is 13.1 Å². The number of amides is 1. The highest BCUT2D eigenvalue weighted by molar-refractivity contribution is 7.57. The molecule has 0 aliphatic carbocycles. The largest absolute Gasteiger partial charge is 0.481 e. The van der Waals surface area contributed by atoms with Gasteiger partial charge < -0.3 is 10.00 Å². The van der Waals surface area contributed by atoms with Crippen LogP contribution < -0.4 is 5.32 Å². The van der Waals surface area contributed by atoms with Crippen LogP contribution in [0.3, 0.4) is 0 Å². The summed E-state index contributed by atoms with van der Waals surface area (Å²) in [6, 6.07) is 0. The minimum absolute atomic E-state index is 0.0632. The van der Waals surface area contributed by atoms with Crippen LogP contribution in [0.1, 0.15) is 12.8 Å². The summed E-state index contributed by atoms with van der Waals surface area (Å²) in [7, 11) is -3.53. The number of carbonyl (C=O) groups is 2. The van der Waals surface area contributed by atoms with Crippen molar-refractivity contribution < 1.29 is 29.4 Å². The van der Waals surface area contributed by atoms with Crippen LogP contribution in [0.5, 0.6) is 0 Å². The van der Waals surface area contributed by atoms with Gasteiger partial charge in [-0.15, -0.1) is 0 Å². The molecule has 0 fully saturated rings. The van der Waals surface area contributed by atoms with Crippen LogP contribution in [-0.4, -0.2) is 51.8 Å². The van der Waals surface area contributed by atoms with E-state index in [1.54, 1.807) is 0 Å². The first kappa shape index (κ1) is 15.0. The normalized spacial score (nSPS) is 16.2. The molecule has 0 bridgehead atoms. The van der Waals surface area contributed by atoms with Crippen molar-refractivity contribution in [2.75, 3.05) is 13.3 Å². The molecule has 8 nitrogen and oxygen atoms in total. The Kier molecular flexibility index (Phi) is 6.20. The van der Waals surface area contributed by atoms with E-state index < -0.39 is 19.1 Å². The summed E-state index contributed by atoms with van der Waals surface area (Å²) >= 11 is 0. The number of rotatable bonds is 8. The SMILES string of the molecule is CP(=O)(O)C(CCC(=O)O)NCN(O)C=O. The van der Waals surface area contributed by atoms with E-state index in [0.717, 1.165) is 6.66 Å². The molecule has 0 aromatic heterocycles. The molecule has 0 spiro atoms. The summed E-state index contributed by atoms with van der Waals surface area (Å²) in [6.07, 6.45) is -0.214. The van der Waals surface area contributed by atoms with Gasteiger partial charge in [0.2, 0.25) is 13.8 Å². The van der Waals surface area contributed by atoms with Crippen LogP contribution >= 0.6 is 7.37 Å². The predicted molar refractivity (Wildman–Crippen MR) is 54.1 cm³/mol. The minimum atomic E-state index is -3.53. The molecule has 0 aromatic carbocycles. The van der Waals surface area contributed by atoms with E-state index >= 15 is 0 Å². The molecule has 0 saturated heterocycles. The lowest BCUT2D eigenvalue weighted by Gasteiger charge is -2.22. The van der Waals surface area contributed by atoms with Crippen molar-refractivity contribution in [3.8, 4) is 0 Å². The molecule has 0 saturated carbocycles. The van der Waals surface area contributed by atoms with Crippen LogP contribution in [-0.2, 0) is 14.2 Å². The Morgan fingerprint density at radius 2 is 2.19 bits per heavy atom. The number of aliphatic carboxylic acids is 1. The first-order chi connectivity index (χ1) is 7.27. The fourth-order valence-electron chi connectivity index (χ4n) is 1.01. The van der Waals surface area contributed by atoms with Crippen molar-refractivity contribution in [3.63, 3.8) is 0 Å². The lowest BCUT2D eigenvalue weighted by molar-refractivity contribution is -0.151. The van der Waals surface area contributed by atoms with Gasteiger partial charge in [-0.05, 0) is 6.42 Å². The van der Waals surface area contributed by atoms with E-state index in [2.05, 4.69) is 5.32 Å². The topological polar surface area (TPSA) is 127 Å². The summed E-state index contributed by atoms with van der Waals surface area (Å²) in [5, 5.41) is 19.9. The molecular formula is C7H15N2O6P. The minimum Gasteiger partial charge on any atom is -0.481 e. The molecule has 0 radical (unpaired) electrons. The van der Waals surface area contributed by atoms with Gasteiger partial charge in [-0.25, -0.2) is 5.06 Å². The Hall–Kier alpha value is -0.950. The van der Waals surface area contributed by atoms with Gasteiger partial charge >= 0.3 is 5.97 Å². The molecule has 1 amide bonds. The number of carboxylic acid groups (broad SMARTS) is 1. The number of carbonyl (C=O) groups excluding carboxylic acids is 1. The van der Waals surface area contributed by atoms with Gasteiger partial charge in [-0.3, -0.25) is 24.7 Å². The smallest absolute Gasteiger partial charge is 0.303 e. The number of nitrogens with one attached hydrogen (secondary N) is 1. The van der Waals surface area contributed by atoms with Gasteiger partial charge in [-0.1, -0.05) is 0 Å². The lowest BCUT2D eigenvalue weighted by Crippen LogP contribution is -2.38. The fraction of sp³-hybridized carbons (Fsp3) is 0.714. The predicted octanol–water partition coefficient (Wildman–Crippen LogP) is -0.528. The van der Waals surface area contributed by atoms with Gasteiger partial charge in [0.15, 0.2) is 0 Å². The number of nitrogens with zero attached hydrogens (tertiary/aromatic N) is 1. The summed E-state index contributed by atoms with van der Waals surface area (Å²) in [5.74, 6) is -2.06. The first-order valence-corrected chi connectivity index (χ1v) is 6.61. The molecule has 2 atom stereocenters. The monoisotopic (exact) mass is 254 g/mol. The molecule has 0 aliphatic rings. The van der Waals surface area contributed by atoms with E-state index in [1.807, 2.05) is 0 Å². The van der Waals surface area contributed by atoms with Crippen molar-refractivity contribution in [2.45, 2.75) is 18.6 Å². The Morgan fingerprint density at radius 1 is 1.62 bits per heavy atom. The average Bonchev–Trinajstić information content (AvgIpc) is 2.14. The van der Waals surface area contributed by atoms with E-state index in [1.165, 1.54) is 0 Å². The molecule has 16 heavy (non-hydrogen) atoms. The average molecular weight is 254 g/mol. The van der Waals surface area contributed by atoms with Gasteiger partial charge in [0.1, 0.15) is 0 Å². The van der Waals surface area contributed by atoms with E-state index in [9.17, 15) is 19.0 Å². The summed E-state index contributed by atoms with van der Waals surface area (Å²) in [5.41, 5.74) is 0. The molecule has 9 heteroatoms. The lowest BCUT2D eigenvalue weighted by atomic mass is 10.3. The van der Waals surface area contributed by atoms with Crippen molar-refractivity contribution in [2.24, 2.45) is 0 Å². The zero-order chi connectivity index (χ0) is 12.8. The van der Waals surface area contributed by atoms with Crippen molar-refractivity contribution in [1.82, 2.24) is 10.4 Å². The molecule has 4 N–H and O–H groups in total. The van der Waals surface area contributed by atoms with Crippen molar-refractivity contribution in [1.29, 1.82) is 0 Å². The maximum atomic E-state index is 11.3. The van der Waals surface area contributed by atoms with Crippen molar-refractivity contribution >= 4 is 19.7 Å². The van der Waals surface area contributed by atoms with E-state index in [4.69, 9.17) is 10.3 Å². The maximum Gasteiger partial charge on any atom is 0.303 e. The Morgan fingerprint density at radius 3 is 2.56 bits per heavy atom. The van der Waals surface area contributed by atoms with Gasteiger partial charge in [0.25, 0.3) is 0 Å². The third-order valence-corrected chi connectivity index (χ3v) is 3.42.